The Morgan fingerprint density at radius 2 is 1.95 bits per heavy atom. The molecule has 2 rings (SSSR count). The fourth-order valence-corrected chi connectivity index (χ4v) is 1.97. The largest absolute Gasteiger partial charge is 0.378 e. The van der Waals surface area contributed by atoms with Crippen molar-refractivity contribution in [1.82, 2.24) is 15.0 Å². The Bertz CT molecular complexity index is 557. The number of carbonyl (C=O) groups excluding carboxylic acids is 1. The second-order valence-electron chi connectivity index (χ2n) is 4.61. The minimum Gasteiger partial charge on any atom is -0.378 e. The van der Waals surface area contributed by atoms with E-state index in [0.717, 1.165) is 36.2 Å². The molecule has 0 spiro atoms. The molecule has 0 fully saturated rings. The molecule has 0 aliphatic carbocycles. The molecule has 100 valence electrons. The van der Waals surface area contributed by atoms with E-state index in [1.54, 1.807) is 4.68 Å². The van der Waals surface area contributed by atoms with Gasteiger partial charge in [0.15, 0.2) is 6.29 Å². The molecule has 0 amide bonds. The van der Waals surface area contributed by atoms with Crippen LogP contribution in [0.15, 0.2) is 24.3 Å². The quantitative estimate of drug-likeness (QED) is 0.771. The minimum absolute atomic E-state index is 0.429. The Kier molecular flexibility index (Phi) is 3.94. The average molecular weight is 258 g/mol. The molecule has 1 aromatic carbocycles. The van der Waals surface area contributed by atoms with E-state index in [0.29, 0.717) is 5.69 Å². The van der Waals surface area contributed by atoms with Crippen molar-refractivity contribution < 1.29 is 4.79 Å². The van der Waals surface area contributed by atoms with Gasteiger partial charge in [0.25, 0.3) is 0 Å². The molecule has 0 aliphatic heterocycles. The van der Waals surface area contributed by atoms with E-state index in [4.69, 9.17) is 0 Å². The van der Waals surface area contributed by atoms with Gasteiger partial charge in [-0.1, -0.05) is 18.6 Å². The van der Waals surface area contributed by atoms with Crippen LogP contribution in [0.25, 0.3) is 5.69 Å². The predicted molar refractivity (Wildman–Crippen MR) is 75.1 cm³/mol. The highest BCUT2D eigenvalue weighted by atomic mass is 16.1. The van der Waals surface area contributed by atoms with E-state index in [2.05, 4.69) is 17.2 Å². The molecule has 0 bridgehead atoms. The molecule has 2 aromatic rings. The van der Waals surface area contributed by atoms with E-state index in [1.165, 1.54) is 0 Å². The van der Waals surface area contributed by atoms with E-state index in [9.17, 15) is 4.79 Å². The fraction of sp³-hybridized carbons (Fsp3) is 0.357. The first-order valence-corrected chi connectivity index (χ1v) is 6.35. The first-order chi connectivity index (χ1) is 9.17. The SMILES string of the molecule is CCCc1c(C=O)nnn1-c1ccc(N(C)C)cc1. The van der Waals surface area contributed by atoms with Crippen LogP contribution in [0.2, 0.25) is 0 Å². The summed E-state index contributed by atoms with van der Waals surface area (Å²) in [5.74, 6) is 0. The summed E-state index contributed by atoms with van der Waals surface area (Å²) >= 11 is 0. The molecule has 0 radical (unpaired) electrons. The van der Waals surface area contributed by atoms with Gasteiger partial charge in [0.2, 0.25) is 0 Å². The van der Waals surface area contributed by atoms with Gasteiger partial charge in [-0.15, -0.1) is 5.10 Å². The van der Waals surface area contributed by atoms with Crippen LogP contribution >= 0.6 is 0 Å². The monoisotopic (exact) mass is 258 g/mol. The molecule has 0 saturated heterocycles. The summed E-state index contributed by atoms with van der Waals surface area (Å²) in [5.41, 5.74) is 3.35. The zero-order valence-electron chi connectivity index (χ0n) is 11.5. The molecule has 0 N–H and O–H groups in total. The number of nitrogens with zero attached hydrogens (tertiary/aromatic N) is 4. The molecule has 1 heterocycles. The van der Waals surface area contributed by atoms with Crippen molar-refractivity contribution in [2.75, 3.05) is 19.0 Å². The maximum Gasteiger partial charge on any atom is 0.172 e. The van der Waals surface area contributed by atoms with Gasteiger partial charge in [0, 0.05) is 19.8 Å². The Labute approximate surface area is 112 Å². The zero-order valence-corrected chi connectivity index (χ0v) is 11.5. The van der Waals surface area contributed by atoms with Gasteiger partial charge in [0.1, 0.15) is 5.69 Å². The van der Waals surface area contributed by atoms with Gasteiger partial charge >= 0.3 is 0 Å². The van der Waals surface area contributed by atoms with Crippen molar-refractivity contribution in [2.45, 2.75) is 19.8 Å². The van der Waals surface area contributed by atoms with Crippen molar-refractivity contribution in [3.8, 4) is 5.69 Å². The number of carbonyl (C=O) groups is 1. The number of hydrogen-bond acceptors (Lipinski definition) is 4. The number of benzene rings is 1. The van der Waals surface area contributed by atoms with Crippen LogP contribution in [0.4, 0.5) is 5.69 Å². The molecule has 0 saturated carbocycles. The minimum atomic E-state index is 0.429. The van der Waals surface area contributed by atoms with Crippen molar-refractivity contribution in [3.05, 3.63) is 35.7 Å². The Balaban J connectivity index is 2.40. The first kappa shape index (κ1) is 13.3. The third kappa shape index (κ3) is 2.65. The number of aldehydes is 1. The number of rotatable bonds is 5. The van der Waals surface area contributed by atoms with E-state index in [-0.39, 0.29) is 0 Å². The molecule has 0 unspecified atom stereocenters. The summed E-state index contributed by atoms with van der Waals surface area (Å²) < 4.78 is 1.74. The van der Waals surface area contributed by atoms with Crippen LogP contribution in [0.1, 0.15) is 29.5 Å². The highest BCUT2D eigenvalue weighted by Gasteiger charge is 2.12. The fourth-order valence-electron chi connectivity index (χ4n) is 1.97. The molecule has 1 aromatic heterocycles. The van der Waals surface area contributed by atoms with Crippen molar-refractivity contribution in [1.29, 1.82) is 0 Å². The predicted octanol–water partition coefficient (Wildman–Crippen LogP) is 2.10. The highest BCUT2D eigenvalue weighted by molar-refractivity contribution is 5.73. The summed E-state index contributed by atoms with van der Waals surface area (Å²) in [6.07, 6.45) is 2.50. The summed E-state index contributed by atoms with van der Waals surface area (Å²) in [7, 11) is 3.99. The second-order valence-corrected chi connectivity index (χ2v) is 4.61. The maximum absolute atomic E-state index is 11.0. The van der Waals surface area contributed by atoms with E-state index in [1.807, 2.05) is 43.3 Å². The van der Waals surface area contributed by atoms with Crippen LogP contribution in [0, 0.1) is 0 Å². The third-order valence-electron chi connectivity index (χ3n) is 3.00. The number of anilines is 1. The van der Waals surface area contributed by atoms with Crippen LogP contribution in [-0.2, 0) is 6.42 Å². The van der Waals surface area contributed by atoms with Crippen molar-refractivity contribution in [3.63, 3.8) is 0 Å². The zero-order chi connectivity index (χ0) is 13.8. The van der Waals surface area contributed by atoms with Crippen molar-refractivity contribution in [2.24, 2.45) is 0 Å². The average Bonchev–Trinajstić information content (AvgIpc) is 2.82. The van der Waals surface area contributed by atoms with Crippen molar-refractivity contribution >= 4 is 12.0 Å². The highest BCUT2D eigenvalue weighted by Crippen LogP contribution is 2.17. The molecule has 5 nitrogen and oxygen atoms in total. The molecule has 19 heavy (non-hydrogen) atoms. The third-order valence-corrected chi connectivity index (χ3v) is 3.00. The van der Waals surface area contributed by atoms with E-state index >= 15 is 0 Å². The summed E-state index contributed by atoms with van der Waals surface area (Å²) in [4.78, 5) is 13.0. The van der Waals surface area contributed by atoms with E-state index < -0.39 is 0 Å². The molecular weight excluding hydrogens is 240 g/mol. The Morgan fingerprint density at radius 1 is 1.26 bits per heavy atom. The molecular formula is C14H18N4O. The van der Waals surface area contributed by atoms with Crippen LogP contribution in [0.3, 0.4) is 0 Å². The smallest absolute Gasteiger partial charge is 0.172 e. The standard InChI is InChI=1S/C14H18N4O/c1-4-5-14-13(10-19)15-16-18(14)12-8-6-11(7-9-12)17(2)3/h6-10H,4-5H2,1-3H3. The number of hydrogen-bond donors (Lipinski definition) is 0. The lowest BCUT2D eigenvalue weighted by Gasteiger charge is -2.13. The summed E-state index contributed by atoms with van der Waals surface area (Å²) in [6.45, 7) is 2.07. The maximum atomic E-state index is 11.0. The van der Waals surface area contributed by atoms with Gasteiger partial charge in [-0.25, -0.2) is 4.68 Å². The van der Waals surface area contributed by atoms with Crippen LogP contribution in [-0.4, -0.2) is 35.4 Å². The second kappa shape index (κ2) is 5.65. The Morgan fingerprint density at radius 3 is 2.47 bits per heavy atom. The normalized spacial score (nSPS) is 10.5. The molecule has 5 heteroatoms. The lowest BCUT2D eigenvalue weighted by atomic mass is 10.2. The summed E-state index contributed by atoms with van der Waals surface area (Å²) in [5, 5.41) is 7.99. The van der Waals surface area contributed by atoms with Gasteiger partial charge in [-0.2, -0.15) is 0 Å². The van der Waals surface area contributed by atoms with Gasteiger partial charge < -0.3 is 4.90 Å². The van der Waals surface area contributed by atoms with Gasteiger partial charge in [-0.3, -0.25) is 4.79 Å². The van der Waals surface area contributed by atoms with Gasteiger partial charge in [-0.05, 0) is 30.7 Å². The lowest BCUT2D eigenvalue weighted by Crippen LogP contribution is -2.09. The first-order valence-electron chi connectivity index (χ1n) is 6.35. The lowest BCUT2D eigenvalue weighted by molar-refractivity contribution is 0.111. The number of aromatic nitrogens is 3. The molecule has 0 aliphatic rings. The van der Waals surface area contributed by atoms with Crippen LogP contribution in [0.5, 0.6) is 0 Å². The van der Waals surface area contributed by atoms with Gasteiger partial charge in [0.05, 0.1) is 11.4 Å². The topological polar surface area (TPSA) is 51.0 Å². The van der Waals surface area contributed by atoms with Crippen LogP contribution < -0.4 is 4.90 Å². The summed E-state index contributed by atoms with van der Waals surface area (Å²) in [6, 6.07) is 8.01. The Hall–Kier alpha value is -2.17. The molecule has 0 atom stereocenters.